The molecule has 0 spiro atoms. The first kappa shape index (κ1) is 13.0. The molecule has 21 heavy (non-hydrogen) atoms. The van der Waals surface area contributed by atoms with Gasteiger partial charge in [0.15, 0.2) is 0 Å². The molecule has 4 heteroatoms. The van der Waals surface area contributed by atoms with Crippen LogP contribution in [-0.4, -0.2) is 14.5 Å². The number of rotatable bonds is 3. The third kappa shape index (κ3) is 2.07. The number of hydrogen-bond donors (Lipinski definition) is 1. The van der Waals surface area contributed by atoms with Crippen LogP contribution in [-0.2, 0) is 0 Å². The van der Waals surface area contributed by atoms with E-state index in [2.05, 4.69) is 6.58 Å². The molecule has 0 aliphatic carbocycles. The first-order chi connectivity index (χ1) is 10.2. The molecule has 0 unspecified atom stereocenters. The fraction of sp³-hybridized carbons (Fsp3) is 0. The van der Waals surface area contributed by atoms with E-state index in [1.165, 1.54) is 15.4 Å². The summed E-state index contributed by atoms with van der Waals surface area (Å²) in [6, 6.07) is 18.4. The average molecular weight is 278 g/mol. The molecule has 1 heterocycles. The molecule has 0 amide bonds. The Morgan fingerprint density at radius 3 is 1.81 bits per heavy atom. The molecule has 4 nitrogen and oxygen atoms in total. The van der Waals surface area contributed by atoms with Crippen molar-refractivity contribution in [1.29, 1.82) is 0 Å². The smallest absolute Gasteiger partial charge is 0.282 e. The van der Waals surface area contributed by atoms with Crippen molar-refractivity contribution in [2.45, 2.75) is 0 Å². The normalized spacial score (nSPS) is 10.5. The fourth-order valence-corrected chi connectivity index (χ4v) is 2.30. The van der Waals surface area contributed by atoms with E-state index in [0.717, 1.165) is 0 Å². The van der Waals surface area contributed by atoms with Gasteiger partial charge in [0.25, 0.3) is 5.56 Å². The number of aromatic nitrogens is 2. The summed E-state index contributed by atoms with van der Waals surface area (Å²) in [5.74, 6) is -0.120. The zero-order chi connectivity index (χ0) is 14.8. The summed E-state index contributed by atoms with van der Waals surface area (Å²) >= 11 is 0. The van der Waals surface area contributed by atoms with Gasteiger partial charge in [0, 0.05) is 0 Å². The second kappa shape index (κ2) is 5.17. The number of hydrogen-bond acceptors (Lipinski definition) is 2. The summed E-state index contributed by atoms with van der Waals surface area (Å²) < 4.78 is 2.91. The Morgan fingerprint density at radius 2 is 1.33 bits per heavy atom. The Bertz CT molecular complexity index is 830. The molecule has 3 rings (SSSR count). The molecule has 0 saturated heterocycles. The topological polar surface area (TPSA) is 47.2 Å². The van der Waals surface area contributed by atoms with E-state index in [9.17, 15) is 9.90 Å². The van der Waals surface area contributed by atoms with Crippen LogP contribution in [0.4, 0.5) is 0 Å². The van der Waals surface area contributed by atoms with E-state index in [4.69, 9.17) is 0 Å². The highest BCUT2D eigenvalue weighted by atomic mass is 16.3. The summed E-state index contributed by atoms with van der Waals surface area (Å²) in [5, 5.41) is 10.4. The van der Waals surface area contributed by atoms with Crippen molar-refractivity contribution >= 4 is 6.08 Å². The van der Waals surface area contributed by atoms with Crippen molar-refractivity contribution in [3.8, 4) is 17.3 Å². The van der Waals surface area contributed by atoms with E-state index in [1.54, 1.807) is 0 Å². The van der Waals surface area contributed by atoms with Crippen molar-refractivity contribution in [2.24, 2.45) is 0 Å². The van der Waals surface area contributed by atoms with Crippen molar-refractivity contribution in [3.63, 3.8) is 0 Å². The van der Waals surface area contributed by atoms with E-state index in [0.29, 0.717) is 11.4 Å². The highest BCUT2D eigenvalue weighted by Gasteiger charge is 2.19. The van der Waals surface area contributed by atoms with Crippen molar-refractivity contribution in [3.05, 3.63) is 83.2 Å². The third-order valence-corrected chi connectivity index (χ3v) is 3.27. The lowest BCUT2D eigenvalue weighted by atomic mass is 10.3. The minimum Gasteiger partial charge on any atom is -0.493 e. The Balaban J connectivity index is 2.39. The van der Waals surface area contributed by atoms with Crippen LogP contribution in [0.1, 0.15) is 5.56 Å². The molecule has 0 aliphatic heterocycles. The summed E-state index contributed by atoms with van der Waals surface area (Å²) in [6.45, 7) is 3.61. The molecule has 0 atom stereocenters. The average Bonchev–Trinajstić information content (AvgIpc) is 2.79. The lowest BCUT2D eigenvalue weighted by Crippen LogP contribution is -2.20. The number of benzene rings is 2. The molecule has 0 fully saturated rings. The van der Waals surface area contributed by atoms with Gasteiger partial charge in [-0.15, -0.1) is 0 Å². The third-order valence-electron chi connectivity index (χ3n) is 3.27. The second-order valence-corrected chi connectivity index (χ2v) is 4.54. The predicted octanol–water partition coefficient (Wildman–Crippen LogP) is 2.98. The van der Waals surface area contributed by atoms with Gasteiger partial charge in [0.05, 0.1) is 11.4 Å². The van der Waals surface area contributed by atoms with Crippen LogP contribution in [0.3, 0.4) is 0 Å². The number of aromatic hydroxyl groups is 1. The first-order valence-corrected chi connectivity index (χ1v) is 6.54. The predicted molar refractivity (Wildman–Crippen MR) is 83.1 cm³/mol. The number of nitrogens with zero attached hydrogens (tertiary/aromatic N) is 2. The second-order valence-electron chi connectivity index (χ2n) is 4.54. The zero-order valence-electron chi connectivity index (χ0n) is 11.3. The van der Waals surface area contributed by atoms with Gasteiger partial charge in [-0.3, -0.25) is 4.79 Å². The summed E-state index contributed by atoms with van der Waals surface area (Å²) in [7, 11) is 0. The van der Waals surface area contributed by atoms with Crippen LogP contribution in [0.2, 0.25) is 0 Å². The minimum atomic E-state index is -0.308. The molecule has 2 aromatic carbocycles. The standard InChI is InChI=1S/C17H14N2O2/c1-2-15-16(20)18(13-9-5-3-6-10-13)19(17(15)21)14-11-7-4-8-12-14/h2-12,20H,1H2. The Labute approximate surface area is 121 Å². The Morgan fingerprint density at radius 1 is 0.857 bits per heavy atom. The van der Waals surface area contributed by atoms with Crippen LogP contribution in [0.15, 0.2) is 72.0 Å². The van der Waals surface area contributed by atoms with Crippen molar-refractivity contribution < 1.29 is 5.11 Å². The van der Waals surface area contributed by atoms with Gasteiger partial charge in [-0.25, -0.2) is 9.36 Å². The Kier molecular flexibility index (Phi) is 3.20. The SMILES string of the molecule is C=Cc1c(O)n(-c2ccccc2)n(-c2ccccc2)c1=O. The largest absolute Gasteiger partial charge is 0.493 e. The lowest BCUT2D eigenvalue weighted by Gasteiger charge is -2.12. The molecule has 0 bridgehead atoms. The molecule has 0 radical (unpaired) electrons. The lowest BCUT2D eigenvalue weighted by molar-refractivity contribution is 0.424. The zero-order valence-corrected chi connectivity index (χ0v) is 11.3. The minimum absolute atomic E-state index is 0.120. The monoisotopic (exact) mass is 278 g/mol. The van der Waals surface area contributed by atoms with Gasteiger partial charge in [-0.2, -0.15) is 0 Å². The van der Waals surface area contributed by atoms with Crippen molar-refractivity contribution in [2.75, 3.05) is 0 Å². The van der Waals surface area contributed by atoms with Crippen LogP contribution in [0.5, 0.6) is 5.88 Å². The van der Waals surface area contributed by atoms with Crippen LogP contribution in [0, 0.1) is 0 Å². The van der Waals surface area contributed by atoms with Gasteiger partial charge in [-0.1, -0.05) is 49.1 Å². The molecule has 0 saturated carbocycles. The summed E-state index contributed by atoms with van der Waals surface area (Å²) in [4.78, 5) is 12.5. The summed E-state index contributed by atoms with van der Waals surface area (Å²) in [5.41, 5.74) is 1.25. The number of para-hydroxylation sites is 2. The molecule has 1 N–H and O–H groups in total. The van der Waals surface area contributed by atoms with Crippen LogP contribution >= 0.6 is 0 Å². The van der Waals surface area contributed by atoms with Crippen molar-refractivity contribution in [1.82, 2.24) is 9.36 Å². The van der Waals surface area contributed by atoms with Gasteiger partial charge in [0.1, 0.15) is 5.56 Å². The van der Waals surface area contributed by atoms with Gasteiger partial charge in [-0.05, 0) is 24.3 Å². The molecule has 0 aliphatic rings. The van der Waals surface area contributed by atoms with E-state index in [-0.39, 0.29) is 17.0 Å². The maximum atomic E-state index is 12.5. The molecular formula is C17H14N2O2. The molecule has 104 valence electrons. The maximum absolute atomic E-state index is 12.5. The van der Waals surface area contributed by atoms with Crippen LogP contribution in [0.25, 0.3) is 17.5 Å². The highest BCUT2D eigenvalue weighted by molar-refractivity contribution is 5.56. The van der Waals surface area contributed by atoms with E-state index < -0.39 is 0 Å². The van der Waals surface area contributed by atoms with Crippen LogP contribution < -0.4 is 5.56 Å². The summed E-state index contributed by atoms with van der Waals surface area (Å²) in [6.07, 6.45) is 1.37. The van der Waals surface area contributed by atoms with E-state index >= 15 is 0 Å². The maximum Gasteiger partial charge on any atom is 0.282 e. The van der Waals surface area contributed by atoms with Gasteiger partial charge >= 0.3 is 0 Å². The first-order valence-electron chi connectivity index (χ1n) is 6.54. The molecular weight excluding hydrogens is 264 g/mol. The molecule has 1 aromatic heterocycles. The van der Waals surface area contributed by atoms with Gasteiger partial charge < -0.3 is 5.11 Å². The highest BCUT2D eigenvalue weighted by Crippen LogP contribution is 2.23. The van der Waals surface area contributed by atoms with E-state index in [1.807, 2.05) is 60.7 Å². The quantitative estimate of drug-likeness (QED) is 0.800. The van der Waals surface area contributed by atoms with Gasteiger partial charge in [0.2, 0.25) is 5.88 Å². The molecule has 3 aromatic rings. The fourth-order valence-electron chi connectivity index (χ4n) is 2.30. The Hall–Kier alpha value is -3.01.